The number of rotatable bonds is 4. The number of thioether (sulfide) groups is 1. The van der Waals surface area contributed by atoms with Crippen molar-refractivity contribution in [2.45, 2.75) is 19.4 Å². The molecule has 2 heterocycles. The van der Waals surface area contributed by atoms with Crippen LogP contribution in [0.1, 0.15) is 13.3 Å². The lowest BCUT2D eigenvalue weighted by Gasteiger charge is -2.23. The van der Waals surface area contributed by atoms with Crippen molar-refractivity contribution in [2.24, 2.45) is 0 Å². The van der Waals surface area contributed by atoms with Crippen LogP contribution in [0.3, 0.4) is 0 Å². The monoisotopic (exact) mass is 298 g/mol. The zero-order chi connectivity index (χ0) is 14.7. The van der Waals surface area contributed by atoms with Crippen molar-refractivity contribution >= 4 is 23.6 Å². The van der Waals surface area contributed by atoms with Crippen molar-refractivity contribution < 1.29 is 19.4 Å². The lowest BCUT2D eigenvalue weighted by atomic mass is 10.1. The van der Waals surface area contributed by atoms with Crippen LogP contribution in [0.4, 0.5) is 0 Å². The van der Waals surface area contributed by atoms with E-state index in [0.717, 1.165) is 10.7 Å². The Kier molecular flexibility index (Phi) is 4.72. The van der Waals surface area contributed by atoms with Crippen molar-refractivity contribution in [3.8, 4) is 0 Å². The highest BCUT2D eigenvalue weighted by Gasteiger charge is 2.41. The largest absolute Gasteiger partial charge is 0.463 e. The molecule has 0 bridgehead atoms. The number of esters is 1. The van der Waals surface area contributed by atoms with E-state index >= 15 is 0 Å². The minimum atomic E-state index is -0.336. The molecule has 0 aromatic rings. The molecule has 0 aromatic carbocycles. The Balaban J connectivity index is 2.29. The van der Waals surface area contributed by atoms with Crippen LogP contribution in [0.25, 0.3) is 0 Å². The van der Waals surface area contributed by atoms with E-state index in [0.29, 0.717) is 24.4 Å². The number of nitrogens with zero attached hydrogens (tertiary/aromatic N) is 1. The van der Waals surface area contributed by atoms with E-state index in [2.05, 4.69) is 5.32 Å². The molecule has 1 saturated heterocycles. The molecule has 2 aliphatic heterocycles. The highest BCUT2D eigenvalue weighted by molar-refractivity contribution is 8.03. The van der Waals surface area contributed by atoms with Gasteiger partial charge in [0.25, 0.3) is 0 Å². The molecule has 1 unspecified atom stereocenters. The smallest absolute Gasteiger partial charge is 0.336 e. The first kappa shape index (κ1) is 14.9. The number of aliphatic hydroxyl groups is 1. The average molecular weight is 298 g/mol. The zero-order valence-corrected chi connectivity index (χ0v) is 12.3. The second-order valence-electron chi connectivity index (χ2n) is 4.45. The van der Waals surface area contributed by atoms with E-state index in [9.17, 15) is 14.7 Å². The molecule has 7 heteroatoms. The third-order valence-electron chi connectivity index (χ3n) is 3.22. The molecule has 2 N–H and O–H groups in total. The topological polar surface area (TPSA) is 78.9 Å². The Labute approximate surface area is 121 Å². The third-order valence-corrected chi connectivity index (χ3v) is 4.38. The van der Waals surface area contributed by atoms with Crippen molar-refractivity contribution in [1.29, 1.82) is 0 Å². The Bertz CT molecular complexity index is 487. The van der Waals surface area contributed by atoms with Gasteiger partial charge in [-0.2, -0.15) is 0 Å². The summed E-state index contributed by atoms with van der Waals surface area (Å²) in [6, 6.07) is -0.199. The van der Waals surface area contributed by atoms with Crippen LogP contribution in [0.15, 0.2) is 22.4 Å². The first-order valence-electron chi connectivity index (χ1n) is 6.47. The normalized spacial score (nSPS) is 23.2. The summed E-state index contributed by atoms with van der Waals surface area (Å²) in [6.45, 7) is 2.02. The summed E-state index contributed by atoms with van der Waals surface area (Å²) in [5, 5.41) is 12.8. The van der Waals surface area contributed by atoms with Crippen LogP contribution < -0.4 is 5.32 Å². The third kappa shape index (κ3) is 2.69. The number of fused-ring (bicyclic) bond motifs is 1. The molecular weight excluding hydrogens is 280 g/mol. The minimum Gasteiger partial charge on any atom is -0.463 e. The fourth-order valence-electron chi connectivity index (χ4n) is 2.33. The van der Waals surface area contributed by atoms with Crippen LogP contribution in [0.5, 0.6) is 0 Å². The van der Waals surface area contributed by atoms with Crippen LogP contribution in [0, 0.1) is 0 Å². The van der Waals surface area contributed by atoms with Crippen molar-refractivity contribution in [3.05, 3.63) is 22.4 Å². The number of hydrogen-bond donors (Lipinski definition) is 2. The van der Waals surface area contributed by atoms with E-state index in [4.69, 9.17) is 4.74 Å². The maximum absolute atomic E-state index is 11.9. The van der Waals surface area contributed by atoms with Gasteiger partial charge in [0.15, 0.2) is 0 Å². The van der Waals surface area contributed by atoms with Crippen LogP contribution in [-0.4, -0.2) is 53.9 Å². The van der Waals surface area contributed by atoms with Gasteiger partial charge >= 0.3 is 5.97 Å². The number of carbonyl (C=O) groups is 2. The molecule has 1 atom stereocenters. The Morgan fingerprint density at radius 3 is 2.95 bits per heavy atom. The van der Waals surface area contributed by atoms with Crippen molar-refractivity contribution in [1.82, 2.24) is 10.2 Å². The van der Waals surface area contributed by atoms with Crippen LogP contribution in [-0.2, 0) is 14.3 Å². The lowest BCUT2D eigenvalue weighted by Crippen LogP contribution is -2.30. The van der Waals surface area contributed by atoms with Crippen molar-refractivity contribution in [2.75, 3.05) is 26.0 Å². The molecule has 1 fully saturated rings. The van der Waals surface area contributed by atoms with Gasteiger partial charge < -0.3 is 20.1 Å². The predicted octanol–water partition coefficient (Wildman–Crippen LogP) is 0.204. The van der Waals surface area contributed by atoms with E-state index in [1.807, 2.05) is 4.90 Å². The van der Waals surface area contributed by atoms with Gasteiger partial charge in [0.05, 0.1) is 29.9 Å². The van der Waals surface area contributed by atoms with Gasteiger partial charge in [-0.05, 0) is 6.92 Å². The Hall–Kier alpha value is -1.47. The second-order valence-corrected chi connectivity index (χ2v) is 5.42. The molecule has 0 saturated carbocycles. The summed E-state index contributed by atoms with van der Waals surface area (Å²) in [7, 11) is 1.57. The van der Waals surface area contributed by atoms with Gasteiger partial charge in [-0.1, -0.05) is 0 Å². The van der Waals surface area contributed by atoms with Crippen LogP contribution >= 0.6 is 11.8 Å². The quantitative estimate of drug-likeness (QED) is 0.570. The molecule has 0 aromatic heterocycles. The second kappa shape index (κ2) is 6.32. The molecule has 2 aliphatic rings. The molecule has 2 rings (SSSR count). The lowest BCUT2D eigenvalue weighted by molar-refractivity contribution is -0.138. The van der Waals surface area contributed by atoms with E-state index < -0.39 is 0 Å². The van der Waals surface area contributed by atoms with Gasteiger partial charge in [0, 0.05) is 31.0 Å². The highest BCUT2D eigenvalue weighted by Crippen LogP contribution is 2.45. The summed E-state index contributed by atoms with van der Waals surface area (Å²) in [5.41, 5.74) is 1.40. The summed E-state index contributed by atoms with van der Waals surface area (Å²) >= 11 is 1.50. The number of carbonyl (C=O) groups excluding carboxylic acids is 2. The fraction of sp³-hybridized carbons (Fsp3) is 0.538. The van der Waals surface area contributed by atoms with E-state index in [1.54, 1.807) is 14.0 Å². The average Bonchev–Trinajstić information content (AvgIpc) is 2.99. The SMILES string of the molecule is CCOC(=O)C1=C2SCC(=CC(=O)NC)N2C(CO)C1. The molecular formula is C13H18N2O4S. The number of likely N-dealkylation sites (N-methyl/N-ethyl adjacent to an activating group) is 1. The number of aliphatic hydroxyl groups excluding tert-OH is 1. The standard InChI is InChI=1S/C13H18N2O4S/c1-3-19-13(18)10-4-8(6-16)15-9(5-11(17)14-2)7-20-12(10)15/h5,8,16H,3-4,6-7H2,1-2H3,(H,14,17). The summed E-state index contributed by atoms with van der Waals surface area (Å²) in [5.74, 6) is 0.0857. The maximum atomic E-state index is 11.9. The van der Waals surface area contributed by atoms with E-state index in [1.165, 1.54) is 17.8 Å². The van der Waals surface area contributed by atoms with Crippen molar-refractivity contribution in [3.63, 3.8) is 0 Å². The molecule has 0 radical (unpaired) electrons. The Morgan fingerprint density at radius 1 is 1.60 bits per heavy atom. The van der Waals surface area contributed by atoms with Crippen LogP contribution in [0.2, 0.25) is 0 Å². The predicted molar refractivity (Wildman–Crippen MR) is 75.6 cm³/mol. The summed E-state index contributed by atoms with van der Waals surface area (Å²) < 4.78 is 5.05. The Morgan fingerprint density at radius 2 is 2.35 bits per heavy atom. The number of ether oxygens (including phenoxy) is 1. The molecule has 6 nitrogen and oxygen atoms in total. The number of nitrogens with one attached hydrogen (secondary N) is 1. The molecule has 0 aliphatic carbocycles. The number of amides is 1. The molecule has 0 spiro atoms. The first-order chi connectivity index (χ1) is 9.62. The highest BCUT2D eigenvalue weighted by atomic mass is 32.2. The van der Waals surface area contributed by atoms with Gasteiger partial charge in [-0.3, -0.25) is 4.79 Å². The molecule has 1 amide bonds. The van der Waals surface area contributed by atoms with E-state index in [-0.39, 0.29) is 24.5 Å². The van der Waals surface area contributed by atoms with Gasteiger partial charge in [-0.15, -0.1) is 11.8 Å². The zero-order valence-electron chi connectivity index (χ0n) is 11.5. The maximum Gasteiger partial charge on any atom is 0.336 e. The minimum absolute atomic E-state index is 0.0714. The molecule has 20 heavy (non-hydrogen) atoms. The van der Waals surface area contributed by atoms with Gasteiger partial charge in [0.2, 0.25) is 5.91 Å². The molecule has 110 valence electrons. The first-order valence-corrected chi connectivity index (χ1v) is 7.46. The summed E-state index contributed by atoms with van der Waals surface area (Å²) in [6.07, 6.45) is 1.96. The summed E-state index contributed by atoms with van der Waals surface area (Å²) in [4.78, 5) is 25.3. The van der Waals surface area contributed by atoms with Gasteiger partial charge in [-0.25, -0.2) is 4.79 Å². The fourth-order valence-corrected chi connectivity index (χ4v) is 3.58. The van der Waals surface area contributed by atoms with Gasteiger partial charge in [0.1, 0.15) is 0 Å². The number of hydrogen-bond acceptors (Lipinski definition) is 6.